The standard InChI is InChI=1S/C27H32N4O5/c1-17(32)29-25-11-20-21(14-31(2)23(20)13-28-25)22-12-24(35-15-18-3-7-33-8-4-18)19-5-9-36-27(26(19)30-22)6-10-34-16-27/h11-14,18H,3-10,15-16H2,1-2H3,(H,28,29,32). The van der Waals surface area contributed by atoms with Crippen LogP contribution in [0.2, 0.25) is 0 Å². The van der Waals surface area contributed by atoms with Gasteiger partial charge in [0, 0.05) is 75.4 Å². The van der Waals surface area contributed by atoms with E-state index in [0.29, 0.717) is 38.2 Å². The van der Waals surface area contributed by atoms with Crippen molar-refractivity contribution < 1.29 is 23.7 Å². The lowest BCUT2D eigenvalue weighted by Crippen LogP contribution is -2.37. The van der Waals surface area contributed by atoms with E-state index in [0.717, 1.165) is 78.1 Å². The summed E-state index contributed by atoms with van der Waals surface area (Å²) < 4.78 is 26.2. The molecule has 36 heavy (non-hydrogen) atoms. The lowest BCUT2D eigenvalue weighted by atomic mass is 9.89. The van der Waals surface area contributed by atoms with Gasteiger partial charge in [0.05, 0.1) is 42.9 Å². The molecule has 9 nitrogen and oxygen atoms in total. The number of fused-ring (bicyclic) bond motifs is 3. The summed E-state index contributed by atoms with van der Waals surface area (Å²) in [6.07, 6.45) is 7.41. The first kappa shape index (κ1) is 23.4. The quantitative estimate of drug-likeness (QED) is 0.581. The fourth-order valence-corrected chi connectivity index (χ4v) is 5.55. The van der Waals surface area contributed by atoms with Crippen molar-refractivity contribution in [3.63, 3.8) is 0 Å². The molecule has 1 spiro atoms. The SMILES string of the molecule is CC(=O)Nc1cc2c(-c3cc(OCC4CCOCC4)c4c(n3)C3(CCOC3)OCC4)cn(C)c2cn1. The number of ether oxygens (including phenoxy) is 4. The zero-order valence-corrected chi connectivity index (χ0v) is 20.8. The molecule has 9 heteroatoms. The Morgan fingerprint density at radius 1 is 1.22 bits per heavy atom. The van der Waals surface area contributed by atoms with Crippen molar-refractivity contribution in [2.45, 2.75) is 38.2 Å². The van der Waals surface area contributed by atoms with Gasteiger partial charge in [0.2, 0.25) is 5.91 Å². The first-order valence-electron chi connectivity index (χ1n) is 12.7. The van der Waals surface area contributed by atoms with Crippen LogP contribution in [0.5, 0.6) is 5.75 Å². The monoisotopic (exact) mass is 492 g/mol. The van der Waals surface area contributed by atoms with Gasteiger partial charge in [-0.3, -0.25) is 4.79 Å². The molecule has 3 aliphatic rings. The second kappa shape index (κ2) is 9.46. The topological polar surface area (TPSA) is 96.7 Å². The Morgan fingerprint density at radius 3 is 2.86 bits per heavy atom. The van der Waals surface area contributed by atoms with E-state index in [9.17, 15) is 4.79 Å². The number of carbonyl (C=O) groups excluding carboxylic acids is 1. The molecule has 3 aromatic heterocycles. The summed E-state index contributed by atoms with van der Waals surface area (Å²) in [5.41, 5.74) is 4.26. The van der Waals surface area contributed by atoms with Gasteiger partial charge in [-0.05, 0) is 24.8 Å². The number of aromatic nitrogens is 3. The molecule has 0 bridgehead atoms. The highest BCUT2D eigenvalue weighted by Crippen LogP contribution is 2.44. The van der Waals surface area contributed by atoms with Gasteiger partial charge in [-0.15, -0.1) is 0 Å². The maximum Gasteiger partial charge on any atom is 0.222 e. The predicted molar refractivity (Wildman–Crippen MR) is 134 cm³/mol. The molecule has 0 saturated carbocycles. The highest BCUT2D eigenvalue weighted by atomic mass is 16.6. The van der Waals surface area contributed by atoms with Crippen LogP contribution >= 0.6 is 0 Å². The zero-order valence-electron chi connectivity index (χ0n) is 20.8. The van der Waals surface area contributed by atoms with Crippen LogP contribution in [-0.2, 0) is 38.1 Å². The molecule has 0 aromatic carbocycles. The number of nitrogens with one attached hydrogen (secondary N) is 1. The van der Waals surface area contributed by atoms with E-state index in [2.05, 4.69) is 22.6 Å². The highest BCUT2D eigenvalue weighted by Gasteiger charge is 2.44. The zero-order chi connectivity index (χ0) is 24.7. The Bertz CT molecular complexity index is 1290. The number of amides is 1. The average molecular weight is 493 g/mol. The summed E-state index contributed by atoms with van der Waals surface area (Å²) in [5, 5.41) is 3.76. The maximum atomic E-state index is 11.6. The minimum Gasteiger partial charge on any atom is -0.493 e. The molecule has 6 heterocycles. The van der Waals surface area contributed by atoms with Gasteiger partial charge in [-0.25, -0.2) is 9.97 Å². The molecular formula is C27H32N4O5. The van der Waals surface area contributed by atoms with Crippen LogP contribution in [0.3, 0.4) is 0 Å². The van der Waals surface area contributed by atoms with Crippen LogP contribution in [0.1, 0.15) is 37.4 Å². The van der Waals surface area contributed by atoms with Gasteiger partial charge < -0.3 is 28.8 Å². The summed E-state index contributed by atoms with van der Waals surface area (Å²) in [5.74, 6) is 1.72. The number of nitrogens with zero attached hydrogens (tertiary/aromatic N) is 3. The van der Waals surface area contributed by atoms with Gasteiger partial charge >= 0.3 is 0 Å². The van der Waals surface area contributed by atoms with Crippen LogP contribution in [0.25, 0.3) is 22.2 Å². The highest BCUT2D eigenvalue weighted by molar-refractivity contribution is 5.98. The van der Waals surface area contributed by atoms with Crippen LogP contribution in [0.15, 0.2) is 24.5 Å². The molecule has 1 amide bonds. The molecule has 2 saturated heterocycles. The third-order valence-electron chi connectivity index (χ3n) is 7.50. The Balaban J connectivity index is 1.46. The molecule has 1 unspecified atom stereocenters. The van der Waals surface area contributed by atoms with E-state index in [4.69, 9.17) is 23.9 Å². The molecule has 190 valence electrons. The minimum atomic E-state index is -0.534. The number of carbonyl (C=O) groups is 1. The number of anilines is 1. The second-order valence-electron chi connectivity index (χ2n) is 10.0. The van der Waals surface area contributed by atoms with Crippen molar-refractivity contribution in [2.24, 2.45) is 13.0 Å². The van der Waals surface area contributed by atoms with Crippen LogP contribution < -0.4 is 10.1 Å². The predicted octanol–water partition coefficient (Wildman–Crippen LogP) is 3.59. The van der Waals surface area contributed by atoms with Crippen molar-refractivity contribution in [3.05, 3.63) is 35.8 Å². The first-order chi connectivity index (χ1) is 17.5. The Labute approximate surface area is 210 Å². The van der Waals surface area contributed by atoms with E-state index in [1.54, 1.807) is 6.20 Å². The van der Waals surface area contributed by atoms with Crippen LogP contribution in [0, 0.1) is 5.92 Å². The van der Waals surface area contributed by atoms with E-state index >= 15 is 0 Å². The molecule has 1 N–H and O–H groups in total. The normalized spacial score (nSPS) is 22.2. The fraction of sp³-hybridized carbons (Fsp3) is 0.519. The van der Waals surface area contributed by atoms with Gasteiger partial charge in [-0.2, -0.15) is 0 Å². The number of pyridine rings is 2. The Morgan fingerprint density at radius 2 is 2.08 bits per heavy atom. The van der Waals surface area contributed by atoms with Crippen molar-refractivity contribution in [3.8, 4) is 17.0 Å². The van der Waals surface area contributed by atoms with Crippen molar-refractivity contribution >= 4 is 22.6 Å². The Hall–Kier alpha value is -3.01. The van der Waals surface area contributed by atoms with E-state index in [-0.39, 0.29) is 5.91 Å². The summed E-state index contributed by atoms with van der Waals surface area (Å²) in [6, 6.07) is 3.97. The minimum absolute atomic E-state index is 0.157. The molecule has 2 fully saturated rings. The molecular weight excluding hydrogens is 460 g/mol. The molecule has 0 radical (unpaired) electrons. The third-order valence-corrected chi connectivity index (χ3v) is 7.50. The smallest absolute Gasteiger partial charge is 0.222 e. The summed E-state index contributed by atoms with van der Waals surface area (Å²) in [6.45, 7) is 5.52. The number of hydrogen-bond donors (Lipinski definition) is 1. The van der Waals surface area contributed by atoms with Crippen LogP contribution in [-0.4, -0.2) is 60.1 Å². The molecule has 3 aromatic rings. The van der Waals surface area contributed by atoms with Crippen molar-refractivity contribution in [1.82, 2.24) is 14.5 Å². The summed E-state index contributed by atoms with van der Waals surface area (Å²) in [4.78, 5) is 21.2. The van der Waals surface area contributed by atoms with E-state index < -0.39 is 5.60 Å². The van der Waals surface area contributed by atoms with Gasteiger partial charge in [-0.1, -0.05) is 0 Å². The lowest BCUT2D eigenvalue weighted by Gasteiger charge is -2.35. The molecule has 0 aliphatic carbocycles. The largest absolute Gasteiger partial charge is 0.493 e. The molecule has 3 aliphatic heterocycles. The third kappa shape index (κ3) is 4.25. The maximum absolute atomic E-state index is 11.6. The van der Waals surface area contributed by atoms with E-state index in [1.165, 1.54) is 6.92 Å². The van der Waals surface area contributed by atoms with E-state index in [1.807, 2.05) is 17.7 Å². The summed E-state index contributed by atoms with van der Waals surface area (Å²) >= 11 is 0. The molecule has 1 atom stereocenters. The summed E-state index contributed by atoms with van der Waals surface area (Å²) in [7, 11) is 1.99. The fourth-order valence-electron chi connectivity index (χ4n) is 5.55. The first-order valence-corrected chi connectivity index (χ1v) is 12.7. The van der Waals surface area contributed by atoms with Crippen molar-refractivity contribution in [2.75, 3.05) is 45.0 Å². The average Bonchev–Trinajstić information content (AvgIpc) is 3.48. The number of rotatable bonds is 5. The lowest BCUT2D eigenvalue weighted by molar-refractivity contribution is -0.114. The number of hydrogen-bond acceptors (Lipinski definition) is 7. The molecule has 6 rings (SSSR count). The van der Waals surface area contributed by atoms with Gasteiger partial charge in [0.15, 0.2) is 0 Å². The van der Waals surface area contributed by atoms with Gasteiger partial charge in [0.25, 0.3) is 0 Å². The second-order valence-corrected chi connectivity index (χ2v) is 10.0. The number of aryl methyl sites for hydroxylation is 1. The Kier molecular flexibility index (Phi) is 6.15. The van der Waals surface area contributed by atoms with Crippen molar-refractivity contribution in [1.29, 1.82) is 0 Å². The van der Waals surface area contributed by atoms with Gasteiger partial charge in [0.1, 0.15) is 17.2 Å². The van der Waals surface area contributed by atoms with Crippen LogP contribution in [0.4, 0.5) is 5.82 Å².